The second-order valence-corrected chi connectivity index (χ2v) is 4.02. The van der Waals surface area contributed by atoms with E-state index >= 15 is 0 Å². The summed E-state index contributed by atoms with van der Waals surface area (Å²) in [5.41, 5.74) is 2.23. The van der Waals surface area contributed by atoms with Gasteiger partial charge in [-0.15, -0.1) is 0 Å². The number of aliphatic hydroxyl groups excluding tert-OH is 1. The molecule has 0 aromatic heterocycles. The maximum Gasteiger partial charge on any atom is 0.129 e. The lowest BCUT2D eigenvalue weighted by Crippen LogP contribution is -2.02. The van der Waals surface area contributed by atoms with Crippen molar-refractivity contribution in [3.63, 3.8) is 0 Å². The zero-order valence-corrected chi connectivity index (χ0v) is 9.73. The van der Waals surface area contributed by atoms with E-state index in [1.807, 2.05) is 24.3 Å². The molecule has 2 heteroatoms. The first-order valence-electron chi connectivity index (χ1n) is 5.73. The molecule has 2 aromatic rings. The fourth-order valence-corrected chi connectivity index (χ4v) is 1.81. The minimum absolute atomic E-state index is 0.316. The fourth-order valence-electron chi connectivity index (χ4n) is 1.81. The van der Waals surface area contributed by atoms with Crippen LogP contribution in [0.4, 0.5) is 4.39 Å². The summed E-state index contributed by atoms with van der Waals surface area (Å²) in [6.45, 7) is 2.07. The largest absolute Gasteiger partial charge is 0.384 e. The summed E-state index contributed by atoms with van der Waals surface area (Å²) in [6, 6.07) is 13.9. The highest BCUT2D eigenvalue weighted by atomic mass is 19.1. The van der Waals surface area contributed by atoms with Gasteiger partial charge >= 0.3 is 0 Å². The number of hydrogen-bond donors (Lipinski definition) is 1. The summed E-state index contributed by atoms with van der Waals surface area (Å²) < 4.78 is 13.5. The van der Waals surface area contributed by atoms with Crippen LogP contribution in [0.2, 0.25) is 0 Å². The number of rotatable bonds is 3. The molecule has 1 atom stereocenters. The molecule has 0 unspecified atom stereocenters. The van der Waals surface area contributed by atoms with Gasteiger partial charge in [0.15, 0.2) is 0 Å². The molecule has 0 radical (unpaired) electrons. The second-order valence-electron chi connectivity index (χ2n) is 4.02. The smallest absolute Gasteiger partial charge is 0.129 e. The summed E-state index contributed by atoms with van der Waals surface area (Å²) in [6.07, 6.45) is 0.0536. The Bertz CT molecular complexity index is 491. The molecular formula is C15H15FO. The lowest BCUT2D eigenvalue weighted by molar-refractivity contribution is 0.215. The maximum absolute atomic E-state index is 13.5. The van der Waals surface area contributed by atoms with E-state index in [1.54, 1.807) is 18.2 Å². The van der Waals surface area contributed by atoms with Crippen LogP contribution in [0.3, 0.4) is 0 Å². The third-order valence-electron chi connectivity index (χ3n) is 2.90. The van der Waals surface area contributed by atoms with Crippen LogP contribution < -0.4 is 0 Å². The second kappa shape index (κ2) is 5.11. The Hall–Kier alpha value is -1.67. The molecule has 0 saturated carbocycles. The number of aryl methyl sites for hydroxylation is 1. The highest BCUT2D eigenvalue weighted by molar-refractivity contribution is 5.32. The number of aliphatic hydroxyl groups is 1. The lowest BCUT2D eigenvalue weighted by Gasteiger charge is -2.12. The first-order valence-corrected chi connectivity index (χ1v) is 5.73. The highest BCUT2D eigenvalue weighted by Crippen LogP contribution is 2.24. The molecule has 17 heavy (non-hydrogen) atoms. The Morgan fingerprint density at radius 1 is 1.06 bits per heavy atom. The van der Waals surface area contributed by atoms with Crippen molar-refractivity contribution in [2.75, 3.05) is 0 Å². The molecule has 0 heterocycles. The van der Waals surface area contributed by atoms with Crippen LogP contribution in [0, 0.1) is 5.82 Å². The van der Waals surface area contributed by atoms with E-state index in [0.717, 1.165) is 6.42 Å². The molecule has 88 valence electrons. The topological polar surface area (TPSA) is 20.2 Å². The average molecular weight is 230 g/mol. The standard InChI is InChI=1S/C15H15FO/c1-2-11-7-9-12(10-8-11)15(17)13-5-3-4-6-14(13)16/h3-10,15,17H,2H2,1H3/t15-/m1/s1. The van der Waals surface area contributed by atoms with Crippen molar-refractivity contribution in [1.82, 2.24) is 0 Å². The van der Waals surface area contributed by atoms with Gasteiger partial charge in [0.25, 0.3) is 0 Å². The summed E-state index contributed by atoms with van der Waals surface area (Å²) >= 11 is 0. The van der Waals surface area contributed by atoms with Crippen LogP contribution in [-0.4, -0.2) is 5.11 Å². The maximum atomic E-state index is 13.5. The molecule has 0 aliphatic rings. The molecule has 0 bridgehead atoms. The van der Waals surface area contributed by atoms with Gasteiger partial charge in [-0.25, -0.2) is 4.39 Å². The van der Waals surface area contributed by atoms with Gasteiger partial charge in [0, 0.05) is 5.56 Å². The van der Waals surface area contributed by atoms with Crippen LogP contribution in [0.15, 0.2) is 48.5 Å². The van der Waals surface area contributed by atoms with E-state index in [-0.39, 0.29) is 5.82 Å². The zero-order valence-electron chi connectivity index (χ0n) is 9.73. The molecule has 0 spiro atoms. The Morgan fingerprint density at radius 2 is 1.71 bits per heavy atom. The predicted octanol–water partition coefficient (Wildman–Crippen LogP) is 3.47. The van der Waals surface area contributed by atoms with Crippen LogP contribution in [0.1, 0.15) is 29.7 Å². The molecule has 0 saturated heterocycles. The van der Waals surface area contributed by atoms with Gasteiger partial charge in [-0.1, -0.05) is 49.4 Å². The van der Waals surface area contributed by atoms with Gasteiger partial charge < -0.3 is 5.11 Å². The van der Waals surface area contributed by atoms with E-state index in [2.05, 4.69) is 6.92 Å². The highest BCUT2D eigenvalue weighted by Gasteiger charge is 2.13. The van der Waals surface area contributed by atoms with E-state index in [9.17, 15) is 9.50 Å². The molecule has 1 nitrogen and oxygen atoms in total. The summed E-state index contributed by atoms with van der Waals surface area (Å²) in [5, 5.41) is 10.1. The van der Waals surface area contributed by atoms with Crippen LogP contribution in [0.25, 0.3) is 0 Å². The number of hydrogen-bond acceptors (Lipinski definition) is 1. The van der Waals surface area contributed by atoms with E-state index in [1.165, 1.54) is 11.6 Å². The molecule has 2 rings (SSSR count). The third-order valence-corrected chi connectivity index (χ3v) is 2.90. The van der Waals surface area contributed by atoms with Crippen molar-refractivity contribution in [2.24, 2.45) is 0 Å². The van der Waals surface area contributed by atoms with Gasteiger partial charge in [0.1, 0.15) is 11.9 Å². The van der Waals surface area contributed by atoms with Crippen molar-refractivity contribution in [3.05, 3.63) is 71.0 Å². The normalized spacial score (nSPS) is 12.4. The average Bonchev–Trinajstić information content (AvgIpc) is 2.39. The van der Waals surface area contributed by atoms with Gasteiger partial charge in [-0.05, 0) is 23.6 Å². The number of halogens is 1. The first kappa shape index (κ1) is 11.8. The van der Waals surface area contributed by atoms with Crippen LogP contribution in [-0.2, 0) is 6.42 Å². The van der Waals surface area contributed by atoms with Crippen molar-refractivity contribution < 1.29 is 9.50 Å². The Balaban J connectivity index is 2.30. The third kappa shape index (κ3) is 2.53. The summed E-state index contributed by atoms with van der Waals surface area (Å²) in [7, 11) is 0. The van der Waals surface area contributed by atoms with Gasteiger partial charge in [-0.3, -0.25) is 0 Å². The summed E-state index contributed by atoms with van der Waals surface area (Å²) in [5.74, 6) is -0.375. The molecule has 1 N–H and O–H groups in total. The van der Waals surface area contributed by atoms with Gasteiger partial charge in [0.05, 0.1) is 0 Å². The zero-order chi connectivity index (χ0) is 12.3. The SMILES string of the molecule is CCc1ccc([C@@H](O)c2ccccc2F)cc1. The Labute approximate surface area is 101 Å². The molecule has 2 aromatic carbocycles. The van der Waals surface area contributed by atoms with Gasteiger partial charge in [-0.2, -0.15) is 0 Å². The van der Waals surface area contributed by atoms with Gasteiger partial charge in [0.2, 0.25) is 0 Å². The first-order chi connectivity index (χ1) is 8.22. The molecule has 0 aliphatic carbocycles. The minimum Gasteiger partial charge on any atom is -0.384 e. The minimum atomic E-state index is -0.901. The van der Waals surface area contributed by atoms with E-state index in [0.29, 0.717) is 11.1 Å². The molecular weight excluding hydrogens is 215 g/mol. The Morgan fingerprint density at radius 3 is 2.29 bits per heavy atom. The predicted molar refractivity (Wildman–Crippen MR) is 66.3 cm³/mol. The summed E-state index contributed by atoms with van der Waals surface area (Å²) in [4.78, 5) is 0. The van der Waals surface area contributed by atoms with E-state index < -0.39 is 6.10 Å². The lowest BCUT2D eigenvalue weighted by atomic mass is 9.99. The molecule has 0 amide bonds. The molecule has 0 fully saturated rings. The molecule has 0 aliphatic heterocycles. The monoisotopic (exact) mass is 230 g/mol. The Kier molecular flexibility index (Phi) is 3.55. The van der Waals surface area contributed by atoms with Crippen molar-refractivity contribution in [3.8, 4) is 0 Å². The van der Waals surface area contributed by atoms with Crippen molar-refractivity contribution in [2.45, 2.75) is 19.4 Å². The quantitative estimate of drug-likeness (QED) is 0.856. The van der Waals surface area contributed by atoms with Crippen LogP contribution in [0.5, 0.6) is 0 Å². The fraction of sp³-hybridized carbons (Fsp3) is 0.200. The van der Waals surface area contributed by atoms with E-state index in [4.69, 9.17) is 0 Å². The van der Waals surface area contributed by atoms with Crippen molar-refractivity contribution in [1.29, 1.82) is 0 Å². The van der Waals surface area contributed by atoms with Crippen molar-refractivity contribution >= 4 is 0 Å². The van der Waals surface area contributed by atoms with Crippen LogP contribution >= 0.6 is 0 Å². The number of benzene rings is 2.